The Labute approximate surface area is 182 Å². The third-order valence-corrected chi connectivity index (χ3v) is 8.35. The predicted molar refractivity (Wildman–Crippen MR) is 120 cm³/mol. The van der Waals surface area contributed by atoms with Gasteiger partial charge in [0, 0.05) is 44.8 Å². The van der Waals surface area contributed by atoms with Crippen LogP contribution in [0.3, 0.4) is 0 Å². The molecule has 0 bridgehead atoms. The highest BCUT2D eigenvalue weighted by atomic mass is 32.2. The van der Waals surface area contributed by atoms with Crippen LogP contribution in [0.25, 0.3) is 0 Å². The molecule has 1 aromatic carbocycles. The molecule has 1 aromatic rings. The first-order valence-corrected chi connectivity index (χ1v) is 12.8. The normalized spacial score (nSPS) is 24.7. The first kappa shape index (κ1) is 23.2. The van der Waals surface area contributed by atoms with Crippen LogP contribution in [0, 0.1) is 11.8 Å². The largest absolute Gasteiger partial charge is 0.339 e. The summed E-state index contributed by atoms with van der Waals surface area (Å²) in [6.45, 7) is 10.6. The summed E-state index contributed by atoms with van der Waals surface area (Å²) in [4.78, 5) is 17.6. The molecule has 2 fully saturated rings. The maximum absolute atomic E-state index is 13.2. The van der Waals surface area contributed by atoms with Crippen molar-refractivity contribution in [3.8, 4) is 0 Å². The summed E-state index contributed by atoms with van der Waals surface area (Å²) in [6, 6.07) is 6.79. The maximum atomic E-state index is 13.2. The van der Waals surface area contributed by atoms with Crippen molar-refractivity contribution in [1.29, 1.82) is 0 Å². The summed E-state index contributed by atoms with van der Waals surface area (Å²) >= 11 is 0. The van der Waals surface area contributed by atoms with E-state index in [1.807, 2.05) is 7.05 Å². The molecule has 0 aliphatic carbocycles. The molecule has 2 heterocycles. The van der Waals surface area contributed by atoms with E-state index < -0.39 is 10.0 Å². The van der Waals surface area contributed by atoms with Gasteiger partial charge in [-0.1, -0.05) is 26.8 Å². The average Bonchev–Trinajstić information content (AvgIpc) is 2.73. The van der Waals surface area contributed by atoms with E-state index in [0.29, 0.717) is 30.5 Å². The number of hydrogen-bond donors (Lipinski definition) is 0. The number of sulfonamides is 1. The minimum Gasteiger partial charge on any atom is -0.339 e. The van der Waals surface area contributed by atoms with Crippen molar-refractivity contribution >= 4 is 15.9 Å². The van der Waals surface area contributed by atoms with E-state index in [4.69, 9.17) is 0 Å². The van der Waals surface area contributed by atoms with Crippen molar-refractivity contribution in [2.24, 2.45) is 11.8 Å². The number of carbonyl (C=O) groups excluding carboxylic acids is 1. The summed E-state index contributed by atoms with van der Waals surface area (Å²) in [5.41, 5.74) is 0.452. The van der Waals surface area contributed by atoms with Crippen molar-refractivity contribution in [3.05, 3.63) is 29.8 Å². The Balaban J connectivity index is 1.72. The van der Waals surface area contributed by atoms with Crippen LogP contribution in [-0.2, 0) is 10.0 Å². The van der Waals surface area contributed by atoms with E-state index in [-0.39, 0.29) is 16.8 Å². The number of piperidine rings is 2. The molecule has 6 nitrogen and oxygen atoms in total. The molecule has 0 spiro atoms. The first-order chi connectivity index (χ1) is 14.2. The second kappa shape index (κ2) is 9.79. The quantitative estimate of drug-likeness (QED) is 0.688. The lowest BCUT2D eigenvalue weighted by Crippen LogP contribution is -2.45. The predicted octanol–water partition coefficient (Wildman–Crippen LogP) is 3.30. The molecule has 168 valence electrons. The molecule has 0 aromatic heterocycles. The summed E-state index contributed by atoms with van der Waals surface area (Å²) in [6.07, 6.45) is 4.12. The molecule has 2 saturated heterocycles. The van der Waals surface area contributed by atoms with E-state index in [1.54, 1.807) is 33.5 Å². The van der Waals surface area contributed by atoms with E-state index in [2.05, 4.69) is 25.7 Å². The first-order valence-electron chi connectivity index (χ1n) is 11.3. The lowest BCUT2D eigenvalue weighted by atomic mass is 9.94. The minimum absolute atomic E-state index is 0.0960. The molecule has 2 unspecified atom stereocenters. The van der Waals surface area contributed by atoms with Crippen LogP contribution >= 0.6 is 0 Å². The molecule has 2 aliphatic rings. The van der Waals surface area contributed by atoms with E-state index >= 15 is 0 Å². The van der Waals surface area contributed by atoms with Gasteiger partial charge >= 0.3 is 0 Å². The van der Waals surface area contributed by atoms with E-state index in [0.717, 1.165) is 45.3 Å². The number of likely N-dealkylation sites (tertiary alicyclic amines) is 1. The topological polar surface area (TPSA) is 60.9 Å². The molecule has 2 aliphatic heterocycles. The molecule has 2 atom stereocenters. The zero-order valence-corrected chi connectivity index (χ0v) is 19.7. The molecule has 30 heavy (non-hydrogen) atoms. The molecule has 0 saturated carbocycles. The molecular weight excluding hydrogens is 398 g/mol. The van der Waals surface area contributed by atoms with Gasteiger partial charge in [-0.25, -0.2) is 8.42 Å². The fourth-order valence-corrected chi connectivity index (χ4v) is 6.68. The molecule has 1 amide bonds. The van der Waals surface area contributed by atoms with Gasteiger partial charge in [0.25, 0.3) is 5.91 Å². The van der Waals surface area contributed by atoms with Crippen LogP contribution in [0.5, 0.6) is 0 Å². The van der Waals surface area contributed by atoms with Crippen LogP contribution in [0.1, 0.15) is 56.8 Å². The van der Waals surface area contributed by atoms with Crippen LogP contribution in [0.15, 0.2) is 29.2 Å². The Morgan fingerprint density at radius 3 is 2.37 bits per heavy atom. The molecular formula is C23H37N3O3S. The maximum Gasteiger partial charge on any atom is 0.253 e. The van der Waals surface area contributed by atoms with E-state index in [1.165, 1.54) is 0 Å². The van der Waals surface area contributed by atoms with Crippen molar-refractivity contribution < 1.29 is 13.2 Å². The zero-order chi connectivity index (χ0) is 21.9. The van der Waals surface area contributed by atoms with Gasteiger partial charge in [-0.2, -0.15) is 4.31 Å². The zero-order valence-electron chi connectivity index (χ0n) is 18.9. The SMILES string of the molecule is CCCN1CCC(N(C)C(=O)c2cccc(S(=O)(=O)N3CC(C)CC(C)C3)c2)CC1. The number of carbonyl (C=O) groups is 1. The molecule has 3 rings (SSSR count). The highest BCUT2D eigenvalue weighted by Gasteiger charge is 2.32. The van der Waals surface area contributed by atoms with Crippen molar-refractivity contribution in [2.45, 2.75) is 57.4 Å². The number of nitrogens with zero attached hydrogens (tertiary/aromatic N) is 3. The monoisotopic (exact) mass is 435 g/mol. The van der Waals surface area contributed by atoms with E-state index in [9.17, 15) is 13.2 Å². The average molecular weight is 436 g/mol. The fraction of sp³-hybridized carbons (Fsp3) is 0.696. The van der Waals surface area contributed by atoms with Crippen LogP contribution in [0.4, 0.5) is 0 Å². The lowest BCUT2D eigenvalue weighted by molar-refractivity contribution is 0.0642. The van der Waals surface area contributed by atoms with Gasteiger partial charge < -0.3 is 9.80 Å². The fourth-order valence-electron chi connectivity index (χ4n) is 4.96. The second-order valence-electron chi connectivity index (χ2n) is 9.28. The minimum atomic E-state index is -3.59. The Morgan fingerprint density at radius 1 is 1.13 bits per heavy atom. The van der Waals surface area contributed by atoms with Gasteiger partial charge in [0.05, 0.1) is 4.90 Å². The van der Waals surface area contributed by atoms with Gasteiger partial charge in [-0.3, -0.25) is 4.79 Å². The third-order valence-electron chi connectivity index (χ3n) is 6.52. The molecule has 7 heteroatoms. The highest BCUT2D eigenvalue weighted by molar-refractivity contribution is 7.89. The molecule has 0 radical (unpaired) electrons. The van der Waals surface area contributed by atoms with Gasteiger partial charge in [0.15, 0.2) is 0 Å². The van der Waals surface area contributed by atoms with Crippen molar-refractivity contribution in [3.63, 3.8) is 0 Å². The van der Waals surface area contributed by atoms with Crippen LogP contribution in [0.2, 0.25) is 0 Å². The number of hydrogen-bond acceptors (Lipinski definition) is 4. The van der Waals surface area contributed by atoms with Gasteiger partial charge in [-0.05, 0) is 62.3 Å². The van der Waals surface area contributed by atoms with Crippen LogP contribution < -0.4 is 0 Å². The Bertz CT molecular complexity index is 824. The number of rotatable bonds is 6. The van der Waals surface area contributed by atoms with Crippen molar-refractivity contribution in [2.75, 3.05) is 39.8 Å². The number of amides is 1. The van der Waals surface area contributed by atoms with Gasteiger partial charge in [-0.15, -0.1) is 0 Å². The van der Waals surface area contributed by atoms with Gasteiger partial charge in [0.1, 0.15) is 0 Å². The summed E-state index contributed by atoms with van der Waals surface area (Å²) in [7, 11) is -1.75. The molecule has 0 N–H and O–H groups in total. The Morgan fingerprint density at radius 2 is 1.77 bits per heavy atom. The summed E-state index contributed by atoms with van der Waals surface area (Å²) in [5, 5.41) is 0. The summed E-state index contributed by atoms with van der Waals surface area (Å²) < 4.78 is 28.0. The standard InChI is InChI=1S/C23H37N3O3S/c1-5-11-25-12-9-21(10-13-25)24(4)23(27)20-7-6-8-22(15-20)30(28,29)26-16-18(2)14-19(3)17-26/h6-8,15,18-19,21H,5,9-14,16-17H2,1-4H3. The summed E-state index contributed by atoms with van der Waals surface area (Å²) in [5.74, 6) is 0.595. The number of benzene rings is 1. The Kier molecular flexibility index (Phi) is 7.58. The third kappa shape index (κ3) is 5.24. The lowest BCUT2D eigenvalue weighted by Gasteiger charge is -2.36. The van der Waals surface area contributed by atoms with Crippen LogP contribution in [-0.4, -0.2) is 74.2 Å². The second-order valence-corrected chi connectivity index (χ2v) is 11.2. The van der Waals surface area contributed by atoms with Gasteiger partial charge in [0.2, 0.25) is 10.0 Å². The Hall–Kier alpha value is -1.44. The van der Waals surface area contributed by atoms with Crippen molar-refractivity contribution in [1.82, 2.24) is 14.1 Å². The smallest absolute Gasteiger partial charge is 0.253 e. The highest BCUT2D eigenvalue weighted by Crippen LogP contribution is 2.27.